The highest BCUT2D eigenvalue weighted by molar-refractivity contribution is 7.07. The molecule has 9 nitrogen and oxygen atoms in total. The summed E-state index contributed by atoms with van der Waals surface area (Å²) < 4.78 is 12.8. The summed E-state index contributed by atoms with van der Waals surface area (Å²) in [6, 6.07) is 11.8. The molecule has 29 heavy (non-hydrogen) atoms. The van der Waals surface area contributed by atoms with Crippen LogP contribution in [0.1, 0.15) is 5.56 Å². The van der Waals surface area contributed by atoms with Gasteiger partial charge in [-0.2, -0.15) is 0 Å². The van der Waals surface area contributed by atoms with E-state index in [1.807, 2.05) is 23.1 Å². The lowest BCUT2D eigenvalue weighted by Gasteiger charge is -2.25. The fraction of sp³-hybridized carbons (Fsp3) is 0.158. The van der Waals surface area contributed by atoms with Crippen molar-refractivity contribution in [2.24, 2.45) is 4.99 Å². The molecule has 2 aliphatic heterocycles. The lowest BCUT2D eigenvalue weighted by Crippen LogP contribution is -2.42. The summed E-state index contributed by atoms with van der Waals surface area (Å²) in [5, 5.41) is 11.0. The van der Waals surface area contributed by atoms with Crippen molar-refractivity contribution in [2.75, 3.05) is 18.4 Å². The van der Waals surface area contributed by atoms with Crippen LogP contribution in [0.3, 0.4) is 0 Å². The number of benzene rings is 2. The minimum Gasteiger partial charge on any atom is -0.454 e. The highest BCUT2D eigenvalue weighted by atomic mass is 32.1. The molecule has 0 N–H and O–H groups in total. The van der Waals surface area contributed by atoms with Crippen LogP contribution in [0.5, 0.6) is 11.5 Å². The van der Waals surface area contributed by atoms with Crippen LogP contribution in [-0.4, -0.2) is 23.0 Å². The molecular formula is C19H14N4O5S. The number of aromatic nitrogens is 1. The Bertz CT molecular complexity index is 1310. The Kier molecular flexibility index (Phi) is 4.06. The molecule has 0 fully saturated rings. The van der Waals surface area contributed by atoms with Crippen LogP contribution in [-0.2, 0) is 6.67 Å². The number of non-ortho nitro benzene ring substituents is 1. The van der Waals surface area contributed by atoms with Crippen LogP contribution in [0.25, 0.3) is 6.08 Å². The maximum atomic E-state index is 12.9. The van der Waals surface area contributed by atoms with Gasteiger partial charge in [0, 0.05) is 23.9 Å². The Morgan fingerprint density at radius 3 is 2.90 bits per heavy atom. The Balaban J connectivity index is 1.49. The van der Waals surface area contributed by atoms with Crippen molar-refractivity contribution < 1.29 is 14.4 Å². The summed E-state index contributed by atoms with van der Waals surface area (Å²) >= 11 is 1.28. The van der Waals surface area contributed by atoms with Gasteiger partial charge in [-0.1, -0.05) is 23.5 Å². The van der Waals surface area contributed by atoms with E-state index in [0.29, 0.717) is 39.7 Å². The molecule has 0 saturated heterocycles. The number of rotatable bonds is 3. The molecular weight excluding hydrogens is 396 g/mol. The molecule has 0 unspecified atom stereocenters. The van der Waals surface area contributed by atoms with E-state index in [1.165, 1.54) is 23.5 Å². The highest BCUT2D eigenvalue weighted by Crippen LogP contribution is 2.35. The second-order valence-corrected chi connectivity index (χ2v) is 7.51. The third-order valence-electron chi connectivity index (χ3n) is 4.68. The first-order valence-electron chi connectivity index (χ1n) is 8.73. The Morgan fingerprint density at radius 1 is 1.17 bits per heavy atom. The van der Waals surface area contributed by atoms with Crippen molar-refractivity contribution in [3.8, 4) is 11.5 Å². The van der Waals surface area contributed by atoms with Gasteiger partial charge in [-0.25, -0.2) is 4.99 Å². The number of thiazole rings is 1. The molecule has 0 spiro atoms. The lowest BCUT2D eigenvalue weighted by atomic mass is 10.2. The molecule has 2 aliphatic rings. The zero-order valence-corrected chi connectivity index (χ0v) is 15.8. The van der Waals surface area contributed by atoms with Gasteiger partial charge in [-0.15, -0.1) is 0 Å². The Morgan fingerprint density at radius 2 is 2.03 bits per heavy atom. The summed E-state index contributed by atoms with van der Waals surface area (Å²) in [6.45, 7) is 0.973. The molecule has 3 heterocycles. The summed E-state index contributed by atoms with van der Waals surface area (Å²) in [7, 11) is 0. The van der Waals surface area contributed by atoms with Crippen LogP contribution < -0.4 is 29.3 Å². The summed E-state index contributed by atoms with van der Waals surface area (Å²) in [5.74, 6) is 1.37. The number of hydrogen-bond acceptors (Lipinski definition) is 8. The quantitative estimate of drug-likeness (QED) is 0.479. The van der Waals surface area contributed by atoms with Crippen LogP contribution >= 0.6 is 11.3 Å². The first-order chi connectivity index (χ1) is 14.1. The van der Waals surface area contributed by atoms with E-state index in [-0.39, 0.29) is 18.0 Å². The van der Waals surface area contributed by atoms with E-state index in [9.17, 15) is 14.9 Å². The van der Waals surface area contributed by atoms with Gasteiger partial charge in [0.1, 0.15) is 13.3 Å². The number of nitro benzene ring substituents is 1. The number of nitrogens with zero attached hydrogens (tertiary/aromatic N) is 4. The number of ether oxygens (including phenoxy) is 2. The minimum absolute atomic E-state index is 0.0150. The predicted molar refractivity (Wildman–Crippen MR) is 106 cm³/mol. The van der Waals surface area contributed by atoms with Crippen LogP contribution in [0.15, 0.2) is 52.3 Å². The molecule has 10 heteroatoms. The summed E-state index contributed by atoms with van der Waals surface area (Å²) in [6.07, 6.45) is 1.66. The monoisotopic (exact) mass is 410 g/mol. The van der Waals surface area contributed by atoms with E-state index in [1.54, 1.807) is 22.8 Å². The standard InChI is InChI=1S/C19H14N4O5S/c24-18-17(7-12-2-1-3-14(6-12)23(25)26)29-19-20-9-21(10-22(18)19)13-4-5-15-16(8-13)28-11-27-15/h1-8H,9-11H2/b17-7-. The average molecular weight is 410 g/mol. The second-order valence-electron chi connectivity index (χ2n) is 6.50. The molecule has 146 valence electrons. The maximum absolute atomic E-state index is 12.9. The largest absolute Gasteiger partial charge is 0.454 e. The second kappa shape index (κ2) is 6.74. The van der Waals surface area contributed by atoms with E-state index in [4.69, 9.17) is 9.47 Å². The van der Waals surface area contributed by atoms with Crippen molar-refractivity contribution in [3.05, 3.63) is 77.8 Å². The maximum Gasteiger partial charge on any atom is 0.271 e. The van der Waals surface area contributed by atoms with Gasteiger partial charge in [-0.05, 0) is 23.8 Å². The van der Waals surface area contributed by atoms with Crippen molar-refractivity contribution in [3.63, 3.8) is 0 Å². The summed E-state index contributed by atoms with van der Waals surface area (Å²) in [4.78, 5) is 30.5. The molecule has 0 aliphatic carbocycles. The van der Waals surface area contributed by atoms with E-state index < -0.39 is 4.92 Å². The third kappa shape index (κ3) is 3.13. The average Bonchev–Trinajstić information content (AvgIpc) is 3.32. The Labute approximate surface area is 167 Å². The number of nitro groups is 1. The van der Waals surface area contributed by atoms with Gasteiger partial charge in [0.25, 0.3) is 11.2 Å². The van der Waals surface area contributed by atoms with Crippen molar-refractivity contribution in [2.45, 2.75) is 6.67 Å². The zero-order chi connectivity index (χ0) is 20.0. The first kappa shape index (κ1) is 17.4. The zero-order valence-electron chi connectivity index (χ0n) is 15.0. The van der Waals surface area contributed by atoms with Gasteiger partial charge < -0.3 is 14.4 Å². The SMILES string of the molecule is O=c1/c(=C/c2cccc([N+](=O)[O-])c2)sc2n1CN(c1ccc3c(c1)OCO3)CN=2. The molecule has 3 aromatic rings. The van der Waals surface area contributed by atoms with Gasteiger partial charge >= 0.3 is 0 Å². The number of fused-ring (bicyclic) bond motifs is 2. The highest BCUT2D eigenvalue weighted by Gasteiger charge is 2.19. The molecule has 5 rings (SSSR count). The predicted octanol–water partition coefficient (Wildman–Crippen LogP) is 1.43. The van der Waals surface area contributed by atoms with Gasteiger partial charge in [0.2, 0.25) is 6.79 Å². The van der Waals surface area contributed by atoms with Gasteiger partial charge in [0.05, 0.1) is 9.46 Å². The normalized spacial score (nSPS) is 15.2. The molecule has 1 aromatic heterocycles. The molecule has 0 amide bonds. The molecule has 0 saturated carbocycles. The Hall–Kier alpha value is -3.66. The number of hydrogen-bond donors (Lipinski definition) is 0. The fourth-order valence-corrected chi connectivity index (χ4v) is 4.20. The van der Waals surface area contributed by atoms with E-state index in [0.717, 1.165) is 5.69 Å². The van der Waals surface area contributed by atoms with Crippen LogP contribution in [0.4, 0.5) is 11.4 Å². The third-order valence-corrected chi connectivity index (χ3v) is 5.72. The lowest BCUT2D eigenvalue weighted by molar-refractivity contribution is -0.384. The van der Waals surface area contributed by atoms with Gasteiger partial charge in [-0.3, -0.25) is 19.5 Å². The molecule has 2 aromatic carbocycles. The van der Waals surface area contributed by atoms with E-state index >= 15 is 0 Å². The smallest absolute Gasteiger partial charge is 0.271 e. The fourth-order valence-electron chi connectivity index (χ4n) is 3.24. The minimum atomic E-state index is -0.456. The molecule has 0 radical (unpaired) electrons. The van der Waals surface area contributed by atoms with Crippen LogP contribution in [0, 0.1) is 10.1 Å². The van der Waals surface area contributed by atoms with E-state index in [2.05, 4.69) is 4.99 Å². The van der Waals surface area contributed by atoms with Gasteiger partial charge in [0.15, 0.2) is 16.3 Å². The van der Waals surface area contributed by atoms with Crippen LogP contribution in [0.2, 0.25) is 0 Å². The molecule has 0 bridgehead atoms. The topological polar surface area (TPSA) is 99.2 Å². The van der Waals surface area contributed by atoms with Crippen molar-refractivity contribution in [1.29, 1.82) is 0 Å². The molecule has 0 atom stereocenters. The first-order valence-corrected chi connectivity index (χ1v) is 9.55. The number of anilines is 1. The van der Waals surface area contributed by atoms with Crippen molar-refractivity contribution in [1.82, 2.24) is 4.57 Å². The summed E-state index contributed by atoms with van der Waals surface area (Å²) in [5.41, 5.74) is 1.29. The van der Waals surface area contributed by atoms with Crippen molar-refractivity contribution >= 4 is 28.8 Å².